The molecule has 2 rings (SSSR count). The zero-order valence-corrected chi connectivity index (χ0v) is 9.51. The van der Waals surface area contributed by atoms with E-state index in [2.05, 4.69) is 15.3 Å². The largest absolute Gasteiger partial charge is 0.472 e. The van der Waals surface area contributed by atoms with E-state index >= 15 is 0 Å². The normalized spacial score (nSPS) is 19.0. The summed E-state index contributed by atoms with van der Waals surface area (Å²) in [6.07, 6.45) is 2.38. The van der Waals surface area contributed by atoms with Crippen molar-refractivity contribution in [1.82, 2.24) is 10.5 Å². The Morgan fingerprint density at radius 2 is 2.53 bits per heavy atom. The van der Waals surface area contributed by atoms with Gasteiger partial charge in [0.25, 0.3) is 5.91 Å². The van der Waals surface area contributed by atoms with Crippen molar-refractivity contribution in [2.45, 2.75) is 12.5 Å². The molecule has 1 N–H and O–H groups in total. The lowest BCUT2D eigenvalue weighted by Gasteiger charge is -2.11. The predicted molar refractivity (Wildman–Crippen MR) is 58.6 cm³/mol. The van der Waals surface area contributed by atoms with Crippen LogP contribution < -0.4 is 10.2 Å². The van der Waals surface area contributed by atoms with Crippen molar-refractivity contribution < 1.29 is 19.1 Å². The highest BCUT2D eigenvalue weighted by molar-refractivity contribution is 5.93. The molecule has 1 aliphatic rings. The van der Waals surface area contributed by atoms with E-state index in [0.29, 0.717) is 24.7 Å². The number of aromatic nitrogens is 1. The highest BCUT2D eigenvalue weighted by Crippen LogP contribution is 2.15. The number of ether oxygens (including phenoxy) is 2. The van der Waals surface area contributed by atoms with E-state index < -0.39 is 0 Å². The molecule has 6 heteroatoms. The topological polar surface area (TPSA) is 69.7 Å². The third-order valence-electron chi connectivity index (χ3n) is 2.37. The Kier molecular flexibility index (Phi) is 3.89. The lowest BCUT2D eigenvalue weighted by atomic mass is 10.2. The van der Waals surface area contributed by atoms with Gasteiger partial charge in [-0.2, -0.15) is 0 Å². The molecule has 92 valence electrons. The SMILES string of the molecule is CONC(=O)c1ccnc(OC2CCOC2)c1. The van der Waals surface area contributed by atoms with Crippen LogP contribution in [0.25, 0.3) is 0 Å². The van der Waals surface area contributed by atoms with Gasteiger partial charge in [0.2, 0.25) is 5.88 Å². The molecule has 0 saturated carbocycles. The minimum absolute atomic E-state index is 0.0169. The van der Waals surface area contributed by atoms with Gasteiger partial charge in [0.05, 0.1) is 20.3 Å². The molecular formula is C11H14N2O4. The number of carbonyl (C=O) groups is 1. The maximum absolute atomic E-state index is 11.5. The molecule has 1 aliphatic heterocycles. The smallest absolute Gasteiger partial charge is 0.275 e. The Hall–Kier alpha value is -1.66. The Balaban J connectivity index is 2.02. The van der Waals surface area contributed by atoms with Gasteiger partial charge >= 0.3 is 0 Å². The summed E-state index contributed by atoms with van der Waals surface area (Å²) in [7, 11) is 1.38. The highest BCUT2D eigenvalue weighted by atomic mass is 16.6. The molecule has 0 spiro atoms. The Morgan fingerprint density at radius 3 is 3.24 bits per heavy atom. The summed E-state index contributed by atoms with van der Waals surface area (Å²) in [6, 6.07) is 3.17. The number of nitrogens with zero attached hydrogens (tertiary/aromatic N) is 1. The minimum Gasteiger partial charge on any atom is -0.472 e. The monoisotopic (exact) mass is 238 g/mol. The van der Waals surface area contributed by atoms with Crippen molar-refractivity contribution in [1.29, 1.82) is 0 Å². The van der Waals surface area contributed by atoms with Gasteiger partial charge in [-0.1, -0.05) is 0 Å². The van der Waals surface area contributed by atoms with E-state index in [9.17, 15) is 4.79 Å². The Labute approximate surface area is 98.8 Å². The molecule has 0 aromatic carbocycles. The summed E-state index contributed by atoms with van der Waals surface area (Å²) < 4.78 is 10.8. The average Bonchev–Trinajstić information content (AvgIpc) is 2.82. The van der Waals surface area contributed by atoms with Crippen LogP contribution in [0.2, 0.25) is 0 Å². The average molecular weight is 238 g/mol. The quantitative estimate of drug-likeness (QED) is 0.775. The van der Waals surface area contributed by atoms with Crippen LogP contribution in [0, 0.1) is 0 Å². The molecule has 1 aromatic heterocycles. The summed E-state index contributed by atoms with van der Waals surface area (Å²) in [6.45, 7) is 1.27. The number of carbonyl (C=O) groups excluding carboxylic acids is 1. The predicted octanol–water partition coefficient (Wildman–Crippen LogP) is 0.540. The summed E-state index contributed by atoms with van der Waals surface area (Å²) in [4.78, 5) is 20.1. The maximum atomic E-state index is 11.5. The van der Waals surface area contributed by atoms with Gasteiger partial charge in [-0.15, -0.1) is 0 Å². The molecule has 1 atom stereocenters. The first-order valence-electron chi connectivity index (χ1n) is 5.33. The number of rotatable bonds is 4. The summed E-state index contributed by atoms with van der Waals surface area (Å²) >= 11 is 0. The van der Waals surface area contributed by atoms with Gasteiger partial charge in [-0.25, -0.2) is 10.5 Å². The summed E-state index contributed by atoms with van der Waals surface area (Å²) in [5.41, 5.74) is 2.68. The molecule has 1 amide bonds. The van der Waals surface area contributed by atoms with Crippen LogP contribution >= 0.6 is 0 Å². The second kappa shape index (κ2) is 5.60. The fraction of sp³-hybridized carbons (Fsp3) is 0.455. The van der Waals surface area contributed by atoms with Crippen molar-refractivity contribution in [2.75, 3.05) is 20.3 Å². The fourth-order valence-electron chi connectivity index (χ4n) is 1.54. The van der Waals surface area contributed by atoms with Gasteiger partial charge in [0.1, 0.15) is 6.10 Å². The molecule has 0 radical (unpaired) electrons. The Morgan fingerprint density at radius 1 is 1.65 bits per heavy atom. The van der Waals surface area contributed by atoms with Crippen molar-refractivity contribution >= 4 is 5.91 Å². The molecule has 1 saturated heterocycles. The minimum atomic E-state index is -0.331. The maximum Gasteiger partial charge on any atom is 0.275 e. The standard InChI is InChI=1S/C11H14N2O4/c1-15-13-11(14)8-2-4-12-10(6-8)17-9-3-5-16-7-9/h2,4,6,9H,3,5,7H2,1H3,(H,13,14). The first kappa shape index (κ1) is 11.8. The molecule has 6 nitrogen and oxygen atoms in total. The van der Waals surface area contributed by atoms with E-state index in [0.717, 1.165) is 6.42 Å². The van der Waals surface area contributed by atoms with E-state index in [1.807, 2.05) is 0 Å². The number of pyridine rings is 1. The Bertz CT molecular complexity index is 391. The fourth-order valence-corrected chi connectivity index (χ4v) is 1.54. The van der Waals surface area contributed by atoms with Crippen molar-refractivity contribution in [3.63, 3.8) is 0 Å². The second-order valence-electron chi connectivity index (χ2n) is 3.62. The van der Waals surface area contributed by atoms with Crippen LogP contribution in [-0.4, -0.2) is 37.3 Å². The lowest BCUT2D eigenvalue weighted by molar-refractivity contribution is 0.0536. The van der Waals surface area contributed by atoms with E-state index in [1.54, 1.807) is 12.1 Å². The number of amides is 1. The zero-order valence-electron chi connectivity index (χ0n) is 9.51. The van der Waals surface area contributed by atoms with Gasteiger partial charge in [0, 0.05) is 24.2 Å². The third-order valence-corrected chi connectivity index (χ3v) is 2.37. The molecule has 1 aromatic rings. The molecule has 17 heavy (non-hydrogen) atoms. The summed E-state index contributed by atoms with van der Waals surface area (Å²) in [5, 5.41) is 0. The van der Waals surface area contributed by atoms with Gasteiger partial charge < -0.3 is 9.47 Å². The number of hydrogen-bond acceptors (Lipinski definition) is 5. The summed E-state index contributed by atoms with van der Waals surface area (Å²) in [5.74, 6) is 0.0895. The van der Waals surface area contributed by atoms with Crippen molar-refractivity contribution in [3.05, 3.63) is 23.9 Å². The lowest BCUT2D eigenvalue weighted by Crippen LogP contribution is -2.22. The van der Waals surface area contributed by atoms with Crippen LogP contribution in [0.15, 0.2) is 18.3 Å². The van der Waals surface area contributed by atoms with Crippen LogP contribution in [0.5, 0.6) is 5.88 Å². The molecule has 0 aliphatic carbocycles. The number of hydroxylamine groups is 1. The molecule has 2 heterocycles. The van der Waals surface area contributed by atoms with Gasteiger partial charge in [-0.3, -0.25) is 9.63 Å². The van der Waals surface area contributed by atoms with Crippen molar-refractivity contribution in [3.8, 4) is 5.88 Å². The molecular weight excluding hydrogens is 224 g/mol. The zero-order chi connectivity index (χ0) is 12.1. The van der Waals surface area contributed by atoms with Crippen LogP contribution in [-0.2, 0) is 9.57 Å². The van der Waals surface area contributed by atoms with Crippen molar-refractivity contribution in [2.24, 2.45) is 0 Å². The number of nitrogens with one attached hydrogen (secondary N) is 1. The molecule has 1 fully saturated rings. The van der Waals surface area contributed by atoms with E-state index in [1.165, 1.54) is 13.3 Å². The van der Waals surface area contributed by atoms with Crippen LogP contribution in [0.1, 0.15) is 16.8 Å². The van der Waals surface area contributed by atoms with E-state index in [-0.39, 0.29) is 12.0 Å². The first-order chi connectivity index (χ1) is 8.29. The second-order valence-corrected chi connectivity index (χ2v) is 3.62. The van der Waals surface area contributed by atoms with Crippen LogP contribution in [0.3, 0.4) is 0 Å². The number of hydrogen-bond donors (Lipinski definition) is 1. The van der Waals surface area contributed by atoms with Gasteiger partial charge in [-0.05, 0) is 6.07 Å². The van der Waals surface area contributed by atoms with Gasteiger partial charge in [0.15, 0.2) is 0 Å². The highest BCUT2D eigenvalue weighted by Gasteiger charge is 2.18. The molecule has 0 bridgehead atoms. The van der Waals surface area contributed by atoms with Crippen LogP contribution in [0.4, 0.5) is 0 Å². The third kappa shape index (κ3) is 3.15. The first-order valence-corrected chi connectivity index (χ1v) is 5.33. The van der Waals surface area contributed by atoms with E-state index in [4.69, 9.17) is 9.47 Å². The molecule has 1 unspecified atom stereocenters.